The average molecular weight is 173 g/mol. The van der Waals surface area contributed by atoms with E-state index >= 15 is 0 Å². The fourth-order valence-corrected chi connectivity index (χ4v) is 1.51. The molecule has 66 valence electrons. The van der Waals surface area contributed by atoms with Gasteiger partial charge in [0.1, 0.15) is 5.52 Å². The first kappa shape index (κ1) is 8.17. The number of fused-ring (bicyclic) bond motifs is 1. The van der Waals surface area contributed by atoms with Gasteiger partial charge in [0, 0.05) is 6.07 Å². The van der Waals surface area contributed by atoms with E-state index in [0.29, 0.717) is 6.04 Å². The number of para-hydroxylation sites is 2. The molecule has 0 saturated heterocycles. The number of hydrogen-bond acceptors (Lipinski definition) is 1. The molecule has 1 aromatic heterocycles. The monoisotopic (exact) mass is 173 g/mol. The molecule has 0 spiro atoms. The number of benzene rings is 1. The van der Waals surface area contributed by atoms with Crippen molar-refractivity contribution in [2.45, 2.75) is 19.9 Å². The molecule has 1 heterocycles. The molecule has 0 fully saturated rings. The zero-order chi connectivity index (χ0) is 9.26. The first-order valence-corrected chi connectivity index (χ1v) is 4.54. The topological polar surface area (TPSA) is 16.8 Å². The average Bonchev–Trinajstić information content (AvgIpc) is 2.17. The Balaban J connectivity index is 2.76. The predicted octanol–water partition coefficient (Wildman–Crippen LogP) is 2.10. The summed E-state index contributed by atoms with van der Waals surface area (Å²) in [6.45, 7) is 4.35. The molecule has 0 unspecified atom stereocenters. The molecule has 0 aliphatic carbocycles. The minimum absolute atomic E-state index is 0.480. The highest BCUT2D eigenvalue weighted by Crippen LogP contribution is 2.06. The lowest BCUT2D eigenvalue weighted by Gasteiger charge is -2.02. The maximum atomic E-state index is 4.30. The number of nitrogens with zero attached hydrogens (tertiary/aromatic N) is 2. The quantitative estimate of drug-likeness (QED) is 0.603. The minimum atomic E-state index is 0.480. The van der Waals surface area contributed by atoms with E-state index in [-0.39, 0.29) is 0 Å². The standard InChI is InChI=1S/C11H13N2/c1-9(2)13-8-7-12-10-5-3-4-6-11(10)13/h3-9H,1-2H3/q+1. The van der Waals surface area contributed by atoms with Crippen molar-refractivity contribution in [3.8, 4) is 0 Å². The van der Waals surface area contributed by atoms with Gasteiger partial charge in [-0.25, -0.2) is 4.98 Å². The van der Waals surface area contributed by atoms with Crippen molar-refractivity contribution in [3.05, 3.63) is 36.7 Å². The molecule has 0 amide bonds. The SMILES string of the molecule is CC(C)[n+]1ccnc2ccccc21. The van der Waals surface area contributed by atoms with Gasteiger partial charge in [-0.15, -0.1) is 0 Å². The summed E-state index contributed by atoms with van der Waals surface area (Å²) in [5, 5.41) is 0. The van der Waals surface area contributed by atoms with Crippen LogP contribution in [0.2, 0.25) is 0 Å². The van der Waals surface area contributed by atoms with Crippen molar-refractivity contribution in [1.29, 1.82) is 0 Å². The molecule has 13 heavy (non-hydrogen) atoms. The van der Waals surface area contributed by atoms with E-state index < -0.39 is 0 Å². The molecule has 0 aliphatic heterocycles. The van der Waals surface area contributed by atoms with Crippen LogP contribution in [0.15, 0.2) is 36.7 Å². The summed E-state index contributed by atoms with van der Waals surface area (Å²) in [7, 11) is 0. The van der Waals surface area contributed by atoms with Crippen LogP contribution in [0.4, 0.5) is 0 Å². The summed E-state index contributed by atoms with van der Waals surface area (Å²) in [4.78, 5) is 4.30. The van der Waals surface area contributed by atoms with Gasteiger partial charge in [-0.3, -0.25) is 0 Å². The number of rotatable bonds is 1. The van der Waals surface area contributed by atoms with E-state index in [1.807, 2.05) is 30.6 Å². The second-order valence-electron chi connectivity index (χ2n) is 3.42. The number of aromatic nitrogens is 2. The van der Waals surface area contributed by atoms with Crippen molar-refractivity contribution in [3.63, 3.8) is 0 Å². The Kier molecular flexibility index (Phi) is 1.97. The predicted molar refractivity (Wildman–Crippen MR) is 52.3 cm³/mol. The van der Waals surface area contributed by atoms with E-state index in [1.165, 1.54) is 5.52 Å². The Morgan fingerprint density at radius 2 is 2.00 bits per heavy atom. The van der Waals surface area contributed by atoms with Crippen molar-refractivity contribution in [1.82, 2.24) is 4.98 Å². The maximum absolute atomic E-state index is 4.30. The Labute approximate surface area is 77.9 Å². The van der Waals surface area contributed by atoms with Crippen molar-refractivity contribution in [2.24, 2.45) is 0 Å². The van der Waals surface area contributed by atoms with Crippen molar-refractivity contribution < 1.29 is 4.57 Å². The molecule has 0 saturated carbocycles. The Morgan fingerprint density at radius 3 is 2.77 bits per heavy atom. The van der Waals surface area contributed by atoms with E-state index in [1.54, 1.807) is 0 Å². The Morgan fingerprint density at radius 1 is 1.23 bits per heavy atom. The van der Waals surface area contributed by atoms with E-state index in [0.717, 1.165) is 5.52 Å². The second-order valence-corrected chi connectivity index (χ2v) is 3.42. The first-order valence-electron chi connectivity index (χ1n) is 4.54. The molecule has 0 atom stereocenters. The summed E-state index contributed by atoms with van der Waals surface area (Å²) in [5.74, 6) is 0. The van der Waals surface area contributed by atoms with E-state index in [4.69, 9.17) is 0 Å². The Hall–Kier alpha value is -1.44. The first-order chi connectivity index (χ1) is 6.29. The fourth-order valence-electron chi connectivity index (χ4n) is 1.51. The van der Waals surface area contributed by atoms with Gasteiger partial charge in [-0.2, -0.15) is 4.57 Å². The van der Waals surface area contributed by atoms with Crippen LogP contribution < -0.4 is 4.57 Å². The molecule has 2 nitrogen and oxygen atoms in total. The summed E-state index contributed by atoms with van der Waals surface area (Å²) >= 11 is 0. The molecule has 1 aromatic carbocycles. The number of hydrogen-bond donors (Lipinski definition) is 0. The van der Waals surface area contributed by atoms with Gasteiger partial charge < -0.3 is 0 Å². The highest BCUT2D eigenvalue weighted by Gasteiger charge is 2.10. The third kappa shape index (κ3) is 1.39. The van der Waals surface area contributed by atoms with Crippen LogP contribution in [0.25, 0.3) is 11.0 Å². The molecule has 0 aliphatic rings. The normalized spacial score (nSPS) is 11.0. The maximum Gasteiger partial charge on any atom is 0.231 e. The van der Waals surface area contributed by atoms with E-state index in [2.05, 4.69) is 29.5 Å². The van der Waals surface area contributed by atoms with Crippen LogP contribution in [0, 0.1) is 0 Å². The fraction of sp³-hybridized carbons (Fsp3) is 0.273. The minimum Gasteiger partial charge on any atom is -0.244 e. The second kappa shape index (κ2) is 3.13. The summed E-state index contributed by atoms with van der Waals surface area (Å²) in [5.41, 5.74) is 2.25. The van der Waals surface area contributed by atoms with Gasteiger partial charge in [0.2, 0.25) is 5.52 Å². The van der Waals surface area contributed by atoms with E-state index in [9.17, 15) is 0 Å². The van der Waals surface area contributed by atoms with Crippen LogP contribution >= 0.6 is 0 Å². The molecule has 0 radical (unpaired) electrons. The van der Waals surface area contributed by atoms with Crippen LogP contribution in [0.5, 0.6) is 0 Å². The van der Waals surface area contributed by atoms with Crippen LogP contribution in [-0.2, 0) is 0 Å². The molecule has 0 N–H and O–H groups in total. The zero-order valence-corrected chi connectivity index (χ0v) is 7.94. The lowest BCUT2D eigenvalue weighted by atomic mass is 10.2. The lowest BCUT2D eigenvalue weighted by Crippen LogP contribution is -2.36. The smallest absolute Gasteiger partial charge is 0.231 e. The molecule has 2 heteroatoms. The van der Waals surface area contributed by atoms with Crippen molar-refractivity contribution in [2.75, 3.05) is 0 Å². The molecular formula is C11H13N2+. The van der Waals surface area contributed by atoms with Gasteiger partial charge in [0.15, 0.2) is 12.2 Å². The molecular weight excluding hydrogens is 160 g/mol. The largest absolute Gasteiger partial charge is 0.244 e. The Bertz CT molecular complexity index is 416. The van der Waals surface area contributed by atoms with Crippen LogP contribution in [0.1, 0.15) is 19.9 Å². The third-order valence-corrected chi connectivity index (χ3v) is 2.16. The highest BCUT2D eigenvalue weighted by atomic mass is 15.0. The molecule has 0 bridgehead atoms. The van der Waals surface area contributed by atoms with Gasteiger partial charge in [-0.1, -0.05) is 12.1 Å². The van der Waals surface area contributed by atoms with Gasteiger partial charge in [-0.05, 0) is 19.9 Å². The van der Waals surface area contributed by atoms with Crippen molar-refractivity contribution >= 4 is 11.0 Å². The van der Waals surface area contributed by atoms with Crippen LogP contribution in [0.3, 0.4) is 0 Å². The summed E-state index contributed by atoms with van der Waals surface area (Å²) in [6, 6.07) is 8.67. The van der Waals surface area contributed by atoms with Gasteiger partial charge in [0.05, 0.1) is 6.20 Å². The van der Waals surface area contributed by atoms with Gasteiger partial charge >= 0.3 is 0 Å². The zero-order valence-electron chi connectivity index (χ0n) is 7.94. The van der Waals surface area contributed by atoms with Gasteiger partial charge in [0.25, 0.3) is 0 Å². The summed E-state index contributed by atoms with van der Waals surface area (Å²) < 4.78 is 2.22. The highest BCUT2D eigenvalue weighted by molar-refractivity contribution is 5.69. The third-order valence-electron chi connectivity index (χ3n) is 2.16. The summed E-state index contributed by atoms with van der Waals surface area (Å²) in [6.07, 6.45) is 3.87. The molecule has 2 rings (SSSR count). The lowest BCUT2D eigenvalue weighted by molar-refractivity contribution is -0.691. The van der Waals surface area contributed by atoms with Crippen LogP contribution in [-0.4, -0.2) is 4.98 Å². The molecule has 2 aromatic rings.